The monoisotopic (exact) mass is 461 g/mol. The van der Waals surface area contributed by atoms with Crippen LogP contribution in [0.5, 0.6) is 11.5 Å². The van der Waals surface area contributed by atoms with E-state index in [1.165, 1.54) is 0 Å². The molecule has 0 amide bonds. The Bertz CT molecular complexity index is 1230. The number of benzene rings is 2. The van der Waals surface area contributed by atoms with Crippen LogP contribution in [0.15, 0.2) is 67.1 Å². The molecule has 3 heterocycles. The number of anilines is 2. The third-order valence-electron chi connectivity index (χ3n) is 5.56. The normalized spacial score (nSPS) is 15.5. The summed E-state index contributed by atoms with van der Waals surface area (Å²) in [7, 11) is 0. The first-order valence-corrected chi connectivity index (χ1v) is 11.3. The average molecular weight is 462 g/mol. The molecule has 0 saturated carbocycles. The van der Waals surface area contributed by atoms with Gasteiger partial charge in [-0.25, -0.2) is 9.97 Å². The number of aromatic nitrogens is 3. The Balaban J connectivity index is 1.34. The molecule has 0 bridgehead atoms. The topological polar surface area (TPSA) is 81.2 Å². The first-order chi connectivity index (χ1) is 16.3. The van der Waals surface area contributed by atoms with Crippen LogP contribution in [0.25, 0.3) is 10.9 Å². The number of pyridine rings is 1. The highest BCUT2D eigenvalue weighted by atomic mass is 35.5. The fourth-order valence-electron chi connectivity index (χ4n) is 3.83. The Morgan fingerprint density at radius 1 is 1.00 bits per heavy atom. The van der Waals surface area contributed by atoms with Crippen LogP contribution in [0.1, 0.15) is 12.1 Å². The third kappa shape index (κ3) is 5.16. The predicted octanol–water partition coefficient (Wildman–Crippen LogP) is 4.99. The number of halogens is 1. The highest BCUT2D eigenvalue weighted by Crippen LogP contribution is 2.34. The second kappa shape index (κ2) is 10.0. The second-order valence-corrected chi connectivity index (χ2v) is 8.33. The zero-order valence-corrected chi connectivity index (χ0v) is 18.8. The molecule has 2 aromatic heterocycles. The van der Waals surface area contributed by atoms with Crippen molar-refractivity contribution in [2.24, 2.45) is 5.92 Å². The SMILES string of the molecule is Clc1cc(Nc2ncnc3cccc(OC[C@@H]4CCNC4)c23)ccc1OCc1ccccn1. The third-order valence-corrected chi connectivity index (χ3v) is 5.85. The van der Waals surface area contributed by atoms with Crippen molar-refractivity contribution >= 4 is 34.0 Å². The standard InChI is InChI=1S/C25H24ClN5O2/c26-20-12-18(7-8-22(20)33-15-19-4-1-2-10-28-19)31-25-24-21(29-16-30-25)5-3-6-23(24)32-14-17-9-11-27-13-17/h1-8,10,12,16-17,27H,9,11,13-15H2,(H,29,30,31)/t17-/m1/s1. The molecule has 33 heavy (non-hydrogen) atoms. The molecule has 0 spiro atoms. The molecule has 8 heteroatoms. The smallest absolute Gasteiger partial charge is 0.145 e. The van der Waals surface area contributed by atoms with Gasteiger partial charge in [0.25, 0.3) is 0 Å². The lowest BCUT2D eigenvalue weighted by atomic mass is 10.1. The number of nitrogens with one attached hydrogen (secondary N) is 2. The van der Waals surface area contributed by atoms with Gasteiger partial charge < -0.3 is 20.1 Å². The van der Waals surface area contributed by atoms with Crippen molar-refractivity contribution in [3.63, 3.8) is 0 Å². The van der Waals surface area contributed by atoms with Gasteiger partial charge in [0.1, 0.15) is 30.3 Å². The summed E-state index contributed by atoms with van der Waals surface area (Å²) in [6, 6.07) is 17.1. The molecule has 0 aliphatic carbocycles. The molecular weight excluding hydrogens is 438 g/mol. The van der Waals surface area contributed by atoms with Gasteiger partial charge >= 0.3 is 0 Å². The highest BCUT2D eigenvalue weighted by molar-refractivity contribution is 6.32. The van der Waals surface area contributed by atoms with E-state index in [0.717, 1.165) is 47.5 Å². The molecular formula is C25H24ClN5O2. The van der Waals surface area contributed by atoms with Gasteiger partial charge in [0, 0.05) is 24.3 Å². The number of nitrogens with zero attached hydrogens (tertiary/aromatic N) is 3. The van der Waals surface area contributed by atoms with E-state index in [4.69, 9.17) is 21.1 Å². The Kier molecular flexibility index (Phi) is 6.51. The van der Waals surface area contributed by atoms with Gasteiger partial charge in [0.05, 0.1) is 28.2 Å². The van der Waals surface area contributed by atoms with E-state index in [-0.39, 0.29) is 0 Å². The van der Waals surface area contributed by atoms with Crippen molar-refractivity contribution in [3.8, 4) is 11.5 Å². The van der Waals surface area contributed by atoms with E-state index in [2.05, 4.69) is 25.6 Å². The molecule has 7 nitrogen and oxygen atoms in total. The number of rotatable bonds is 8. The highest BCUT2D eigenvalue weighted by Gasteiger charge is 2.17. The van der Waals surface area contributed by atoms with Gasteiger partial charge in [-0.15, -0.1) is 0 Å². The minimum Gasteiger partial charge on any atom is -0.492 e. The summed E-state index contributed by atoms with van der Waals surface area (Å²) in [6.45, 7) is 3.04. The predicted molar refractivity (Wildman–Crippen MR) is 129 cm³/mol. The second-order valence-electron chi connectivity index (χ2n) is 7.92. The maximum absolute atomic E-state index is 6.48. The molecule has 1 aliphatic heterocycles. The zero-order chi connectivity index (χ0) is 22.5. The first kappa shape index (κ1) is 21.4. The molecule has 4 aromatic rings. The van der Waals surface area contributed by atoms with Crippen LogP contribution in [0.2, 0.25) is 5.02 Å². The van der Waals surface area contributed by atoms with E-state index in [9.17, 15) is 0 Å². The molecule has 1 aliphatic rings. The van der Waals surface area contributed by atoms with Crippen LogP contribution in [-0.4, -0.2) is 34.6 Å². The van der Waals surface area contributed by atoms with E-state index in [1.54, 1.807) is 12.5 Å². The number of hydrogen-bond donors (Lipinski definition) is 2. The molecule has 1 fully saturated rings. The molecule has 2 N–H and O–H groups in total. The van der Waals surface area contributed by atoms with Gasteiger partial charge in [-0.05, 0) is 55.4 Å². The van der Waals surface area contributed by atoms with Crippen LogP contribution in [0.4, 0.5) is 11.5 Å². The van der Waals surface area contributed by atoms with Crippen molar-refractivity contribution in [2.75, 3.05) is 25.0 Å². The number of hydrogen-bond acceptors (Lipinski definition) is 7. The summed E-state index contributed by atoms with van der Waals surface area (Å²) in [5, 5.41) is 8.08. The van der Waals surface area contributed by atoms with Gasteiger partial charge in [0.2, 0.25) is 0 Å². The van der Waals surface area contributed by atoms with Crippen molar-refractivity contribution in [3.05, 3.63) is 77.8 Å². The van der Waals surface area contributed by atoms with Crippen molar-refractivity contribution < 1.29 is 9.47 Å². The molecule has 1 saturated heterocycles. The summed E-state index contributed by atoms with van der Waals surface area (Å²) < 4.78 is 12.0. The lowest BCUT2D eigenvalue weighted by Gasteiger charge is -2.15. The van der Waals surface area contributed by atoms with E-state index in [1.807, 2.05) is 54.6 Å². The molecule has 0 unspecified atom stereocenters. The Labute approximate surface area is 197 Å². The zero-order valence-electron chi connectivity index (χ0n) is 18.0. The summed E-state index contributed by atoms with van der Waals surface area (Å²) in [4.78, 5) is 13.2. The Morgan fingerprint density at radius 3 is 2.79 bits per heavy atom. The Hall–Kier alpha value is -3.42. The van der Waals surface area contributed by atoms with Gasteiger partial charge in [-0.2, -0.15) is 0 Å². The minimum atomic E-state index is 0.348. The molecule has 2 aromatic carbocycles. The van der Waals surface area contributed by atoms with E-state index < -0.39 is 0 Å². The fourth-order valence-corrected chi connectivity index (χ4v) is 4.06. The van der Waals surface area contributed by atoms with Crippen LogP contribution in [-0.2, 0) is 6.61 Å². The quantitative estimate of drug-likeness (QED) is 0.382. The first-order valence-electron chi connectivity index (χ1n) is 10.9. The maximum atomic E-state index is 6.48. The number of ether oxygens (including phenoxy) is 2. The lowest BCUT2D eigenvalue weighted by Crippen LogP contribution is -2.15. The van der Waals surface area contributed by atoms with Crippen molar-refractivity contribution in [1.82, 2.24) is 20.3 Å². The fraction of sp³-hybridized carbons (Fsp3) is 0.240. The van der Waals surface area contributed by atoms with Gasteiger partial charge in [-0.1, -0.05) is 23.7 Å². The lowest BCUT2D eigenvalue weighted by molar-refractivity contribution is 0.263. The van der Waals surface area contributed by atoms with Gasteiger partial charge in [-0.3, -0.25) is 4.98 Å². The van der Waals surface area contributed by atoms with Crippen LogP contribution < -0.4 is 20.1 Å². The molecule has 168 valence electrons. The summed E-state index contributed by atoms with van der Waals surface area (Å²) in [5.74, 6) is 2.54. The van der Waals surface area contributed by atoms with Crippen molar-refractivity contribution in [1.29, 1.82) is 0 Å². The molecule has 1 atom stereocenters. The largest absolute Gasteiger partial charge is 0.492 e. The van der Waals surface area contributed by atoms with Crippen LogP contribution in [0.3, 0.4) is 0 Å². The summed E-state index contributed by atoms with van der Waals surface area (Å²) in [6.07, 6.45) is 4.41. The maximum Gasteiger partial charge on any atom is 0.145 e. The van der Waals surface area contributed by atoms with E-state index in [0.29, 0.717) is 35.7 Å². The molecule has 0 radical (unpaired) electrons. The average Bonchev–Trinajstić information content (AvgIpc) is 3.37. The molecule has 5 rings (SSSR count). The number of fused-ring (bicyclic) bond motifs is 1. The summed E-state index contributed by atoms with van der Waals surface area (Å²) >= 11 is 6.48. The van der Waals surface area contributed by atoms with Crippen LogP contribution >= 0.6 is 11.6 Å². The van der Waals surface area contributed by atoms with E-state index >= 15 is 0 Å². The summed E-state index contributed by atoms with van der Waals surface area (Å²) in [5.41, 5.74) is 2.44. The minimum absolute atomic E-state index is 0.348. The van der Waals surface area contributed by atoms with Gasteiger partial charge in [0.15, 0.2) is 0 Å². The van der Waals surface area contributed by atoms with Crippen molar-refractivity contribution in [2.45, 2.75) is 13.0 Å². The van der Waals surface area contributed by atoms with Crippen LogP contribution in [0, 0.1) is 5.92 Å². The Morgan fingerprint density at radius 2 is 1.97 bits per heavy atom.